The molecule has 98 valence electrons. The lowest BCUT2D eigenvalue weighted by Gasteiger charge is -2.02. The van der Waals surface area contributed by atoms with Gasteiger partial charge in [-0.3, -0.25) is 9.25 Å². The minimum absolute atomic E-state index is 0.652. The van der Waals surface area contributed by atoms with Crippen LogP contribution < -0.4 is 0 Å². The molecular formula is C13H15N5S. The van der Waals surface area contributed by atoms with Crippen LogP contribution in [-0.4, -0.2) is 24.3 Å². The van der Waals surface area contributed by atoms with Crippen molar-refractivity contribution in [1.82, 2.24) is 24.3 Å². The second-order valence-electron chi connectivity index (χ2n) is 4.58. The molecule has 0 unspecified atom stereocenters. The molecule has 0 aromatic carbocycles. The van der Waals surface area contributed by atoms with Gasteiger partial charge in [-0.2, -0.15) is 5.10 Å². The van der Waals surface area contributed by atoms with Crippen LogP contribution in [0.2, 0.25) is 0 Å². The van der Waals surface area contributed by atoms with E-state index in [-0.39, 0.29) is 0 Å². The SMILES string of the molecule is CCc1nn(C)cc1-n1c(=S)[nH]c2c(C)ccnc21. The molecule has 3 rings (SSSR count). The fourth-order valence-electron chi connectivity index (χ4n) is 2.31. The molecule has 0 atom stereocenters. The van der Waals surface area contributed by atoms with E-state index < -0.39 is 0 Å². The number of H-pyrrole nitrogens is 1. The van der Waals surface area contributed by atoms with E-state index in [2.05, 4.69) is 22.0 Å². The number of aromatic nitrogens is 5. The number of aryl methyl sites for hydroxylation is 3. The summed E-state index contributed by atoms with van der Waals surface area (Å²) in [5.74, 6) is 0. The molecule has 1 N–H and O–H groups in total. The van der Waals surface area contributed by atoms with Crippen LogP contribution in [0.3, 0.4) is 0 Å². The molecule has 0 aliphatic heterocycles. The van der Waals surface area contributed by atoms with E-state index in [1.807, 2.05) is 35.5 Å². The van der Waals surface area contributed by atoms with Gasteiger partial charge in [-0.05, 0) is 37.2 Å². The Balaban J connectivity index is 2.39. The average Bonchev–Trinajstić information content (AvgIpc) is 2.89. The van der Waals surface area contributed by atoms with E-state index in [0.29, 0.717) is 4.77 Å². The van der Waals surface area contributed by atoms with Gasteiger partial charge in [-0.15, -0.1) is 0 Å². The van der Waals surface area contributed by atoms with Crippen LogP contribution in [0.4, 0.5) is 0 Å². The zero-order chi connectivity index (χ0) is 13.6. The Morgan fingerprint density at radius 3 is 2.95 bits per heavy atom. The second-order valence-corrected chi connectivity index (χ2v) is 4.97. The Bertz CT molecular complexity index is 808. The number of rotatable bonds is 2. The number of pyridine rings is 1. The Labute approximate surface area is 115 Å². The summed E-state index contributed by atoms with van der Waals surface area (Å²) in [5, 5.41) is 4.46. The van der Waals surface area contributed by atoms with Crippen molar-refractivity contribution >= 4 is 23.4 Å². The van der Waals surface area contributed by atoms with Crippen LogP contribution in [-0.2, 0) is 13.5 Å². The first-order valence-corrected chi connectivity index (χ1v) is 6.62. The molecule has 0 saturated heterocycles. The maximum Gasteiger partial charge on any atom is 0.184 e. The van der Waals surface area contributed by atoms with Crippen molar-refractivity contribution in [2.75, 3.05) is 0 Å². The van der Waals surface area contributed by atoms with Crippen LogP contribution in [0, 0.1) is 11.7 Å². The summed E-state index contributed by atoms with van der Waals surface area (Å²) >= 11 is 5.44. The van der Waals surface area contributed by atoms with Gasteiger partial charge in [0.15, 0.2) is 10.4 Å². The highest BCUT2D eigenvalue weighted by atomic mass is 32.1. The van der Waals surface area contributed by atoms with Gasteiger partial charge in [0.2, 0.25) is 0 Å². The molecule has 0 bridgehead atoms. The van der Waals surface area contributed by atoms with Crippen LogP contribution in [0.15, 0.2) is 18.5 Å². The molecule has 6 heteroatoms. The van der Waals surface area contributed by atoms with Crippen molar-refractivity contribution in [2.24, 2.45) is 7.05 Å². The standard InChI is InChI=1S/C13H15N5S/c1-4-9-10(7-17(3)16-9)18-12-11(15-13(18)19)8(2)5-6-14-12/h5-7H,4H2,1-3H3,(H,15,19). The minimum Gasteiger partial charge on any atom is -0.329 e. The Morgan fingerprint density at radius 2 is 2.21 bits per heavy atom. The summed E-state index contributed by atoms with van der Waals surface area (Å²) in [4.78, 5) is 7.68. The van der Waals surface area contributed by atoms with Gasteiger partial charge in [0.25, 0.3) is 0 Å². The van der Waals surface area contributed by atoms with Gasteiger partial charge in [-0.1, -0.05) is 6.92 Å². The summed E-state index contributed by atoms with van der Waals surface area (Å²) in [6.45, 7) is 4.13. The maximum absolute atomic E-state index is 5.44. The van der Waals surface area contributed by atoms with Gasteiger partial charge < -0.3 is 4.98 Å². The van der Waals surface area contributed by atoms with Gasteiger partial charge in [0, 0.05) is 19.4 Å². The summed E-state index contributed by atoms with van der Waals surface area (Å²) in [6, 6.07) is 1.97. The van der Waals surface area contributed by atoms with Crippen molar-refractivity contribution in [3.8, 4) is 5.69 Å². The van der Waals surface area contributed by atoms with E-state index in [0.717, 1.165) is 34.5 Å². The van der Waals surface area contributed by atoms with Gasteiger partial charge in [-0.25, -0.2) is 4.98 Å². The number of hydrogen-bond acceptors (Lipinski definition) is 3. The zero-order valence-corrected chi connectivity index (χ0v) is 12.0. The molecule has 0 saturated carbocycles. The lowest BCUT2D eigenvalue weighted by atomic mass is 10.2. The third-order valence-electron chi connectivity index (χ3n) is 3.25. The van der Waals surface area contributed by atoms with Crippen molar-refractivity contribution in [3.05, 3.63) is 34.5 Å². The highest BCUT2D eigenvalue weighted by Gasteiger charge is 2.14. The van der Waals surface area contributed by atoms with E-state index in [9.17, 15) is 0 Å². The topological polar surface area (TPSA) is 51.4 Å². The normalized spacial score (nSPS) is 11.3. The summed E-state index contributed by atoms with van der Waals surface area (Å²) in [6.07, 6.45) is 4.64. The first-order valence-electron chi connectivity index (χ1n) is 6.21. The molecule has 0 aliphatic carbocycles. The van der Waals surface area contributed by atoms with Crippen molar-refractivity contribution in [2.45, 2.75) is 20.3 Å². The van der Waals surface area contributed by atoms with Gasteiger partial charge in [0.05, 0.1) is 16.9 Å². The maximum atomic E-state index is 5.44. The Morgan fingerprint density at radius 1 is 1.42 bits per heavy atom. The van der Waals surface area contributed by atoms with Crippen LogP contribution in [0.5, 0.6) is 0 Å². The van der Waals surface area contributed by atoms with Crippen LogP contribution >= 0.6 is 12.2 Å². The third-order valence-corrected chi connectivity index (χ3v) is 3.53. The first kappa shape index (κ1) is 12.1. The van der Waals surface area contributed by atoms with Gasteiger partial charge >= 0.3 is 0 Å². The van der Waals surface area contributed by atoms with E-state index in [4.69, 9.17) is 12.2 Å². The molecule has 0 radical (unpaired) electrons. The molecule has 0 spiro atoms. The molecule has 0 amide bonds. The highest BCUT2D eigenvalue weighted by molar-refractivity contribution is 7.71. The fourth-order valence-corrected chi connectivity index (χ4v) is 2.60. The minimum atomic E-state index is 0.652. The monoisotopic (exact) mass is 273 g/mol. The van der Waals surface area contributed by atoms with Gasteiger partial charge in [0.1, 0.15) is 0 Å². The molecule has 0 aliphatic rings. The quantitative estimate of drug-likeness (QED) is 0.730. The number of aromatic amines is 1. The molecular weight excluding hydrogens is 258 g/mol. The second kappa shape index (κ2) is 4.31. The predicted octanol–water partition coefficient (Wildman–Crippen LogP) is 2.69. The molecule has 0 fully saturated rings. The lowest BCUT2D eigenvalue weighted by Crippen LogP contribution is -1.98. The number of nitrogens with zero attached hydrogens (tertiary/aromatic N) is 4. The molecule has 5 nitrogen and oxygen atoms in total. The molecule has 3 aromatic heterocycles. The summed E-state index contributed by atoms with van der Waals surface area (Å²) in [5.41, 5.74) is 4.99. The molecule has 3 aromatic rings. The third kappa shape index (κ3) is 1.79. The smallest absolute Gasteiger partial charge is 0.184 e. The van der Waals surface area contributed by atoms with Crippen molar-refractivity contribution in [1.29, 1.82) is 0 Å². The van der Waals surface area contributed by atoms with Crippen molar-refractivity contribution in [3.63, 3.8) is 0 Å². The van der Waals surface area contributed by atoms with E-state index >= 15 is 0 Å². The first-order chi connectivity index (χ1) is 9.11. The summed E-state index contributed by atoms with van der Waals surface area (Å²) in [7, 11) is 1.92. The van der Waals surface area contributed by atoms with Crippen molar-refractivity contribution < 1.29 is 0 Å². The fraction of sp³-hybridized carbons (Fsp3) is 0.308. The number of imidazole rings is 1. The van der Waals surface area contributed by atoms with Crippen LogP contribution in [0.25, 0.3) is 16.9 Å². The average molecular weight is 273 g/mol. The molecule has 3 heterocycles. The lowest BCUT2D eigenvalue weighted by molar-refractivity contribution is 0.746. The van der Waals surface area contributed by atoms with Crippen LogP contribution in [0.1, 0.15) is 18.2 Å². The predicted molar refractivity (Wildman–Crippen MR) is 77.1 cm³/mol. The number of fused-ring (bicyclic) bond motifs is 1. The number of nitrogens with one attached hydrogen (secondary N) is 1. The van der Waals surface area contributed by atoms with E-state index in [1.165, 1.54) is 0 Å². The summed E-state index contributed by atoms with van der Waals surface area (Å²) < 4.78 is 4.42. The zero-order valence-electron chi connectivity index (χ0n) is 11.1. The number of hydrogen-bond donors (Lipinski definition) is 1. The Kier molecular flexibility index (Phi) is 2.74. The largest absolute Gasteiger partial charge is 0.329 e. The molecule has 19 heavy (non-hydrogen) atoms. The van der Waals surface area contributed by atoms with E-state index in [1.54, 1.807) is 6.20 Å². The Hall–Kier alpha value is -1.95. The highest BCUT2D eigenvalue weighted by Crippen LogP contribution is 2.22.